The predicted molar refractivity (Wildman–Crippen MR) is 127 cm³/mol. The fourth-order valence-electron chi connectivity index (χ4n) is 3.84. The van der Waals surface area contributed by atoms with Gasteiger partial charge in [0.2, 0.25) is 0 Å². The van der Waals surface area contributed by atoms with E-state index in [0.717, 1.165) is 0 Å². The first-order valence-corrected chi connectivity index (χ1v) is 10.8. The number of aromatic carboxylic acids is 1. The Morgan fingerprint density at radius 1 is 1.20 bits per heavy atom. The number of ether oxygens (including phenoxy) is 2. The van der Waals surface area contributed by atoms with Crippen LogP contribution in [-0.2, 0) is 6.54 Å². The monoisotopic (exact) mass is 475 g/mol. The van der Waals surface area contributed by atoms with E-state index in [0.29, 0.717) is 59.1 Å². The van der Waals surface area contributed by atoms with E-state index in [9.17, 15) is 19.6 Å². The first-order chi connectivity index (χ1) is 16.9. The van der Waals surface area contributed by atoms with E-state index in [1.807, 2.05) is 0 Å². The molecule has 0 aliphatic heterocycles. The van der Waals surface area contributed by atoms with Crippen molar-refractivity contribution in [1.82, 2.24) is 14.5 Å². The molecule has 0 fully saturated rings. The number of halogens is 1. The highest BCUT2D eigenvalue weighted by Crippen LogP contribution is 2.30. The molecule has 0 bridgehead atoms. The fourth-order valence-corrected chi connectivity index (χ4v) is 3.84. The summed E-state index contributed by atoms with van der Waals surface area (Å²) in [5, 5.41) is 22.8. The highest BCUT2D eigenvalue weighted by Gasteiger charge is 2.15. The number of nitrogens with one attached hydrogen (secondary N) is 1. The van der Waals surface area contributed by atoms with Crippen LogP contribution in [0.3, 0.4) is 0 Å². The molecule has 4 aromatic rings. The summed E-state index contributed by atoms with van der Waals surface area (Å²) in [5.41, 5.74) is 2.27. The molecule has 2 heterocycles. The van der Waals surface area contributed by atoms with Gasteiger partial charge in [0.15, 0.2) is 0 Å². The number of rotatable bonds is 9. The highest BCUT2D eigenvalue weighted by atomic mass is 19.1. The van der Waals surface area contributed by atoms with Crippen molar-refractivity contribution in [2.24, 2.45) is 0 Å². The number of nitriles is 1. The maximum absolute atomic E-state index is 14.1. The number of carbonyl (C=O) groups is 1. The average molecular weight is 475 g/mol. The summed E-state index contributed by atoms with van der Waals surface area (Å²) in [5.74, 6) is -0.362. The molecule has 35 heavy (non-hydrogen) atoms. The van der Waals surface area contributed by atoms with Gasteiger partial charge in [0.25, 0.3) is 0 Å². The summed E-state index contributed by atoms with van der Waals surface area (Å²) in [6, 6.07) is 13.0. The second-order valence-corrected chi connectivity index (χ2v) is 7.50. The Morgan fingerprint density at radius 3 is 2.74 bits per heavy atom. The van der Waals surface area contributed by atoms with Crippen molar-refractivity contribution >= 4 is 22.7 Å². The number of hydrogen-bond donors (Lipinski definition) is 2. The van der Waals surface area contributed by atoms with Gasteiger partial charge in [-0.1, -0.05) is 6.07 Å². The van der Waals surface area contributed by atoms with Crippen molar-refractivity contribution in [3.05, 3.63) is 65.9 Å². The number of hydrogen-bond acceptors (Lipinski definition) is 7. The lowest BCUT2D eigenvalue weighted by atomic mass is 10.1. The standard InChI is InChI=1S/C25H22FN5O4/c1-3-35-23-8-15(4-5-18(23)25(32)33)20-12-24(30-14-29-20)28-6-7-31-17(13-27)11-19-21(31)9-16(26)10-22(19)34-2/h4-5,8-12,14H,3,6-7H2,1-2H3,(H,32,33)(H,28,29,30). The lowest BCUT2D eigenvalue weighted by molar-refractivity contribution is 0.0692. The summed E-state index contributed by atoms with van der Waals surface area (Å²) in [6.07, 6.45) is 1.40. The summed E-state index contributed by atoms with van der Waals surface area (Å²) in [4.78, 5) is 19.9. The molecule has 0 aliphatic carbocycles. The lowest BCUT2D eigenvalue weighted by Gasteiger charge is -2.12. The molecule has 0 saturated heterocycles. The Labute approximate surface area is 200 Å². The lowest BCUT2D eigenvalue weighted by Crippen LogP contribution is -2.12. The molecular formula is C25H22FN5O4. The summed E-state index contributed by atoms with van der Waals surface area (Å²) in [7, 11) is 1.46. The zero-order valence-electron chi connectivity index (χ0n) is 19.1. The molecule has 2 N–H and O–H groups in total. The Morgan fingerprint density at radius 2 is 2.03 bits per heavy atom. The van der Waals surface area contributed by atoms with Gasteiger partial charge in [-0.2, -0.15) is 5.26 Å². The molecule has 10 heteroatoms. The van der Waals surface area contributed by atoms with Crippen LogP contribution in [0.5, 0.6) is 11.5 Å². The maximum Gasteiger partial charge on any atom is 0.339 e. The van der Waals surface area contributed by atoms with Crippen molar-refractivity contribution in [3.63, 3.8) is 0 Å². The van der Waals surface area contributed by atoms with Crippen molar-refractivity contribution in [3.8, 4) is 28.8 Å². The van der Waals surface area contributed by atoms with Crippen LogP contribution in [-0.4, -0.2) is 45.9 Å². The molecule has 0 radical (unpaired) electrons. The maximum atomic E-state index is 14.1. The van der Waals surface area contributed by atoms with Crippen LogP contribution in [0.4, 0.5) is 10.2 Å². The predicted octanol–water partition coefficient (Wildman–Crippen LogP) is 4.33. The highest BCUT2D eigenvalue weighted by molar-refractivity contribution is 5.92. The van der Waals surface area contributed by atoms with Gasteiger partial charge in [-0.3, -0.25) is 0 Å². The van der Waals surface area contributed by atoms with Gasteiger partial charge in [0.1, 0.15) is 46.8 Å². The zero-order chi connectivity index (χ0) is 24.9. The van der Waals surface area contributed by atoms with Crippen LogP contribution in [0.2, 0.25) is 0 Å². The van der Waals surface area contributed by atoms with Gasteiger partial charge >= 0.3 is 5.97 Å². The Kier molecular flexibility index (Phi) is 6.78. The smallest absolute Gasteiger partial charge is 0.339 e. The number of benzene rings is 2. The van der Waals surface area contributed by atoms with Gasteiger partial charge in [-0.15, -0.1) is 0 Å². The number of aromatic nitrogens is 3. The van der Waals surface area contributed by atoms with E-state index in [1.54, 1.807) is 35.8 Å². The van der Waals surface area contributed by atoms with Gasteiger partial charge in [0, 0.05) is 36.2 Å². The van der Waals surface area contributed by atoms with Gasteiger partial charge in [-0.05, 0) is 31.2 Å². The SMILES string of the molecule is CCOc1cc(-c2cc(NCCn3c(C#N)cc4c(OC)cc(F)cc43)ncn2)ccc1C(=O)O. The molecule has 0 aliphatic rings. The largest absolute Gasteiger partial charge is 0.496 e. The van der Waals surface area contributed by atoms with Gasteiger partial charge < -0.3 is 24.5 Å². The third kappa shape index (κ3) is 4.84. The second kappa shape index (κ2) is 10.1. The van der Waals surface area contributed by atoms with Gasteiger partial charge in [-0.25, -0.2) is 19.2 Å². The quantitative estimate of drug-likeness (QED) is 0.367. The molecule has 0 atom stereocenters. The normalized spacial score (nSPS) is 10.7. The fraction of sp³-hybridized carbons (Fsp3) is 0.200. The third-order valence-electron chi connectivity index (χ3n) is 5.40. The third-order valence-corrected chi connectivity index (χ3v) is 5.40. The van der Waals surface area contributed by atoms with Crippen molar-refractivity contribution in [2.45, 2.75) is 13.5 Å². The van der Waals surface area contributed by atoms with Crippen LogP contribution in [0.25, 0.3) is 22.2 Å². The molecule has 2 aromatic heterocycles. The van der Waals surface area contributed by atoms with E-state index in [-0.39, 0.29) is 11.3 Å². The Bertz CT molecular complexity index is 1440. The van der Waals surface area contributed by atoms with E-state index < -0.39 is 11.8 Å². The molecule has 0 saturated carbocycles. The first-order valence-electron chi connectivity index (χ1n) is 10.8. The Hall–Kier alpha value is -4.65. The summed E-state index contributed by atoms with van der Waals surface area (Å²) in [6.45, 7) is 2.88. The zero-order valence-corrected chi connectivity index (χ0v) is 19.1. The van der Waals surface area contributed by atoms with Crippen LogP contribution in [0.15, 0.2) is 48.8 Å². The molecule has 0 spiro atoms. The molecule has 9 nitrogen and oxygen atoms in total. The average Bonchev–Trinajstić information content (AvgIpc) is 3.21. The number of nitrogens with zero attached hydrogens (tertiary/aromatic N) is 4. The van der Waals surface area contributed by atoms with Crippen LogP contribution in [0.1, 0.15) is 23.0 Å². The van der Waals surface area contributed by atoms with E-state index in [2.05, 4.69) is 21.4 Å². The minimum atomic E-state index is -1.07. The summed E-state index contributed by atoms with van der Waals surface area (Å²) >= 11 is 0. The first kappa shape index (κ1) is 23.5. The molecular weight excluding hydrogens is 453 g/mol. The minimum Gasteiger partial charge on any atom is -0.496 e. The van der Waals surface area contributed by atoms with E-state index in [4.69, 9.17) is 9.47 Å². The number of methoxy groups -OCH3 is 1. The Balaban J connectivity index is 1.55. The molecule has 2 aromatic carbocycles. The van der Waals surface area contributed by atoms with Crippen LogP contribution in [0, 0.1) is 17.1 Å². The number of carboxylic acid groups (broad SMARTS) is 1. The molecule has 4 rings (SSSR count). The van der Waals surface area contributed by atoms with Crippen LogP contribution < -0.4 is 14.8 Å². The molecule has 0 unspecified atom stereocenters. The van der Waals surface area contributed by atoms with E-state index >= 15 is 0 Å². The van der Waals surface area contributed by atoms with Gasteiger partial charge in [0.05, 0.1) is 24.9 Å². The molecule has 178 valence electrons. The van der Waals surface area contributed by atoms with Crippen molar-refractivity contribution in [2.75, 3.05) is 25.6 Å². The number of carboxylic acids is 1. The second-order valence-electron chi connectivity index (χ2n) is 7.50. The summed E-state index contributed by atoms with van der Waals surface area (Å²) < 4.78 is 26.5. The number of fused-ring (bicyclic) bond motifs is 1. The van der Waals surface area contributed by atoms with E-state index in [1.165, 1.54) is 31.6 Å². The number of anilines is 1. The minimum absolute atomic E-state index is 0.0725. The van der Waals surface area contributed by atoms with Crippen molar-refractivity contribution in [1.29, 1.82) is 5.26 Å². The topological polar surface area (TPSA) is 122 Å². The molecule has 0 amide bonds. The van der Waals surface area contributed by atoms with Crippen LogP contribution >= 0.6 is 0 Å². The van der Waals surface area contributed by atoms with Crippen molar-refractivity contribution < 1.29 is 23.8 Å².